The molecule has 8 heteroatoms. The second-order valence-corrected chi connectivity index (χ2v) is 9.58. The largest absolute Gasteiger partial charge is 0.379 e. The van der Waals surface area contributed by atoms with E-state index in [4.69, 9.17) is 4.74 Å². The predicted molar refractivity (Wildman–Crippen MR) is 103 cm³/mol. The molecule has 2 atom stereocenters. The molecular formula is C17H21BrN2O3S2. The zero-order valence-corrected chi connectivity index (χ0v) is 17.1. The van der Waals surface area contributed by atoms with E-state index < -0.39 is 10.0 Å². The molecule has 0 saturated carbocycles. The molecule has 0 amide bonds. The Bertz CT molecular complexity index is 773. The molecule has 0 radical (unpaired) electrons. The van der Waals surface area contributed by atoms with E-state index in [0.29, 0.717) is 13.2 Å². The number of benzene rings is 1. The van der Waals surface area contributed by atoms with Crippen molar-refractivity contribution in [2.75, 3.05) is 26.3 Å². The highest BCUT2D eigenvalue weighted by Crippen LogP contribution is 2.30. The fraction of sp³-hybridized carbons (Fsp3) is 0.412. The molecule has 1 aromatic carbocycles. The number of morpholine rings is 1. The van der Waals surface area contributed by atoms with Gasteiger partial charge in [0.05, 0.1) is 24.2 Å². The summed E-state index contributed by atoms with van der Waals surface area (Å²) >= 11 is 4.99. The highest BCUT2D eigenvalue weighted by Gasteiger charge is 2.31. The van der Waals surface area contributed by atoms with Gasteiger partial charge in [0.15, 0.2) is 0 Å². The average molecular weight is 445 g/mol. The monoisotopic (exact) mass is 444 g/mol. The Hall–Kier alpha value is -0.770. The minimum absolute atomic E-state index is 0.00544. The maximum Gasteiger partial charge on any atom is 0.240 e. The van der Waals surface area contributed by atoms with Crippen molar-refractivity contribution < 1.29 is 13.2 Å². The van der Waals surface area contributed by atoms with Gasteiger partial charge in [0, 0.05) is 28.5 Å². The number of rotatable bonds is 6. The fourth-order valence-corrected chi connectivity index (χ4v) is 5.53. The van der Waals surface area contributed by atoms with E-state index in [1.807, 2.05) is 18.4 Å². The summed E-state index contributed by atoms with van der Waals surface area (Å²) in [4.78, 5) is 3.73. The third kappa shape index (κ3) is 4.69. The van der Waals surface area contributed by atoms with Gasteiger partial charge in [-0.1, -0.05) is 22.0 Å². The molecule has 0 bridgehead atoms. The lowest BCUT2D eigenvalue weighted by Gasteiger charge is -2.37. The topological polar surface area (TPSA) is 58.6 Å². The van der Waals surface area contributed by atoms with Crippen molar-refractivity contribution in [3.8, 4) is 0 Å². The Balaban J connectivity index is 1.82. The zero-order chi connectivity index (χ0) is 17.9. The lowest BCUT2D eigenvalue weighted by atomic mass is 10.1. The van der Waals surface area contributed by atoms with Gasteiger partial charge in [0.1, 0.15) is 0 Å². The van der Waals surface area contributed by atoms with Crippen molar-refractivity contribution in [3.05, 3.63) is 51.1 Å². The number of nitrogens with one attached hydrogen (secondary N) is 1. The number of hydrogen-bond acceptors (Lipinski definition) is 5. The summed E-state index contributed by atoms with van der Waals surface area (Å²) in [5.41, 5.74) is 0. The first-order chi connectivity index (χ1) is 12.0. The first-order valence-electron chi connectivity index (χ1n) is 8.10. The number of ether oxygens (including phenoxy) is 1. The summed E-state index contributed by atoms with van der Waals surface area (Å²) in [6, 6.07) is 10.5. The Morgan fingerprint density at radius 2 is 1.88 bits per heavy atom. The summed E-state index contributed by atoms with van der Waals surface area (Å²) in [7, 11) is -3.58. The minimum Gasteiger partial charge on any atom is -0.379 e. The van der Waals surface area contributed by atoms with Gasteiger partial charge in [-0.2, -0.15) is 0 Å². The van der Waals surface area contributed by atoms with Gasteiger partial charge in [-0.05, 0) is 42.6 Å². The quantitative estimate of drug-likeness (QED) is 0.742. The van der Waals surface area contributed by atoms with Crippen molar-refractivity contribution in [2.24, 2.45) is 0 Å². The third-order valence-electron chi connectivity index (χ3n) is 4.21. The SMILES string of the molecule is C[C@H](NS(=O)(=O)c1ccc(Br)cc1)[C@@H](c1cccs1)N1CCOCC1. The number of nitrogens with zero attached hydrogens (tertiary/aromatic N) is 1. The lowest BCUT2D eigenvalue weighted by molar-refractivity contribution is 0.0113. The second-order valence-electron chi connectivity index (χ2n) is 5.97. The third-order valence-corrected chi connectivity index (χ3v) is 7.26. The fourth-order valence-electron chi connectivity index (χ4n) is 3.05. The smallest absolute Gasteiger partial charge is 0.240 e. The highest BCUT2D eigenvalue weighted by molar-refractivity contribution is 9.10. The second kappa shape index (κ2) is 8.28. The molecule has 2 aromatic rings. The molecule has 3 rings (SSSR count). The minimum atomic E-state index is -3.58. The molecule has 2 heterocycles. The van der Waals surface area contributed by atoms with Gasteiger partial charge >= 0.3 is 0 Å². The summed E-state index contributed by atoms with van der Waals surface area (Å²) in [5, 5.41) is 2.03. The first kappa shape index (κ1) is 19.0. The molecule has 1 N–H and O–H groups in total. The van der Waals surface area contributed by atoms with Crippen molar-refractivity contribution in [1.82, 2.24) is 9.62 Å². The van der Waals surface area contributed by atoms with Gasteiger partial charge < -0.3 is 4.74 Å². The van der Waals surface area contributed by atoms with Crippen molar-refractivity contribution in [1.29, 1.82) is 0 Å². The van der Waals surface area contributed by atoms with Crippen LogP contribution in [0.1, 0.15) is 17.8 Å². The molecule has 1 aliphatic heterocycles. The van der Waals surface area contributed by atoms with E-state index in [-0.39, 0.29) is 17.0 Å². The Labute approximate surface area is 161 Å². The van der Waals surface area contributed by atoms with Crippen LogP contribution in [-0.2, 0) is 14.8 Å². The van der Waals surface area contributed by atoms with Crippen molar-refractivity contribution in [3.63, 3.8) is 0 Å². The van der Waals surface area contributed by atoms with Gasteiger partial charge in [0.2, 0.25) is 10.0 Å². The van der Waals surface area contributed by atoms with E-state index in [0.717, 1.165) is 22.4 Å². The summed E-state index contributed by atoms with van der Waals surface area (Å²) < 4.78 is 34.6. The van der Waals surface area contributed by atoms with Crippen LogP contribution in [0, 0.1) is 0 Å². The molecule has 0 spiro atoms. The van der Waals surface area contributed by atoms with Crippen LogP contribution < -0.4 is 4.72 Å². The van der Waals surface area contributed by atoms with Crippen LogP contribution in [0.2, 0.25) is 0 Å². The Kier molecular flexibility index (Phi) is 6.30. The van der Waals surface area contributed by atoms with Crippen molar-refractivity contribution >= 4 is 37.3 Å². The molecule has 136 valence electrons. The van der Waals surface area contributed by atoms with Gasteiger partial charge in [-0.15, -0.1) is 11.3 Å². The number of halogens is 1. The van der Waals surface area contributed by atoms with Crippen LogP contribution >= 0.6 is 27.3 Å². The molecule has 0 aliphatic carbocycles. The maximum absolute atomic E-state index is 12.7. The van der Waals surface area contributed by atoms with Crippen LogP contribution in [0.3, 0.4) is 0 Å². The maximum atomic E-state index is 12.7. The van der Waals surface area contributed by atoms with Gasteiger partial charge in [0.25, 0.3) is 0 Å². The summed E-state index contributed by atoms with van der Waals surface area (Å²) in [5.74, 6) is 0. The molecular weight excluding hydrogens is 424 g/mol. The molecule has 1 aromatic heterocycles. The molecule has 25 heavy (non-hydrogen) atoms. The molecule has 1 aliphatic rings. The summed E-state index contributed by atoms with van der Waals surface area (Å²) in [6.07, 6.45) is 0. The molecule has 1 fully saturated rings. The molecule has 1 saturated heterocycles. The summed E-state index contributed by atoms with van der Waals surface area (Å²) in [6.45, 7) is 4.87. The van der Waals surface area contributed by atoms with Gasteiger partial charge in [-0.25, -0.2) is 13.1 Å². The van der Waals surface area contributed by atoms with Crippen LogP contribution in [0.15, 0.2) is 51.1 Å². The standard InChI is InChI=1S/C17H21BrN2O3S2/c1-13(19-25(21,22)15-6-4-14(18)5-7-15)17(16-3-2-12-24-16)20-8-10-23-11-9-20/h2-7,12-13,17,19H,8-11H2,1H3/t13-,17-/m0/s1. The lowest BCUT2D eigenvalue weighted by Crippen LogP contribution is -2.48. The number of sulfonamides is 1. The number of hydrogen-bond donors (Lipinski definition) is 1. The Morgan fingerprint density at radius 3 is 2.48 bits per heavy atom. The zero-order valence-electron chi connectivity index (χ0n) is 13.9. The van der Waals surface area contributed by atoms with Crippen LogP contribution in [0.4, 0.5) is 0 Å². The van der Waals surface area contributed by atoms with E-state index in [9.17, 15) is 8.42 Å². The highest BCUT2D eigenvalue weighted by atomic mass is 79.9. The van der Waals surface area contributed by atoms with E-state index >= 15 is 0 Å². The van der Waals surface area contributed by atoms with E-state index in [1.54, 1.807) is 35.6 Å². The number of thiophene rings is 1. The normalized spacial score (nSPS) is 18.8. The molecule has 5 nitrogen and oxygen atoms in total. The molecule has 0 unspecified atom stereocenters. The van der Waals surface area contributed by atoms with E-state index in [2.05, 4.69) is 31.6 Å². The van der Waals surface area contributed by atoms with Crippen molar-refractivity contribution in [2.45, 2.75) is 23.9 Å². The first-order valence-corrected chi connectivity index (χ1v) is 11.3. The van der Waals surface area contributed by atoms with Crippen LogP contribution in [0.5, 0.6) is 0 Å². The van der Waals surface area contributed by atoms with Gasteiger partial charge in [-0.3, -0.25) is 4.90 Å². The Morgan fingerprint density at radius 1 is 1.20 bits per heavy atom. The average Bonchev–Trinajstić information content (AvgIpc) is 3.10. The van der Waals surface area contributed by atoms with Crippen LogP contribution in [-0.4, -0.2) is 45.7 Å². The van der Waals surface area contributed by atoms with Crippen LogP contribution in [0.25, 0.3) is 0 Å². The predicted octanol–water partition coefficient (Wildman–Crippen LogP) is 3.25. The van der Waals surface area contributed by atoms with E-state index in [1.165, 1.54) is 0 Å².